The number of likely N-dealkylation sites (tertiary alicyclic amines) is 2. The quantitative estimate of drug-likeness (QED) is 0.637. The van der Waals surface area contributed by atoms with E-state index in [2.05, 4.69) is 0 Å². The van der Waals surface area contributed by atoms with Crippen LogP contribution in [0.15, 0.2) is 48.5 Å². The van der Waals surface area contributed by atoms with E-state index >= 15 is 0 Å². The summed E-state index contributed by atoms with van der Waals surface area (Å²) in [5, 5.41) is 0. The number of carbonyl (C=O) groups excluding carboxylic acids is 3. The lowest BCUT2D eigenvalue weighted by Crippen LogP contribution is -2.44. The van der Waals surface area contributed by atoms with E-state index in [0.717, 1.165) is 37.1 Å². The molecule has 0 aliphatic carbocycles. The molecule has 6 nitrogen and oxygen atoms in total. The summed E-state index contributed by atoms with van der Waals surface area (Å²) in [6.45, 7) is 2.93. The second-order valence-electron chi connectivity index (χ2n) is 9.69. The van der Waals surface area contributed by atoms with Gasteiger partial charge in [-0.15, -0.1) is 0 Å². The predicted octanol–water partition coefficient (Wildman–Crippen LogP) is 4.40. The number of rotatable bonds is 3. The summed E-state index contributed by atoms with van der Waals surface area (Å²) in [6.07, 6.45) is 6.26. The third kappa shape index (κ3) is 4.72. The highest BCUT2D eigenvalue weighted by molar-refractivity contribution is 5.98. The Morgan fingerprint density at radius 1 is 0.824 bits per heavy atom. The van der Waals surface area contributed by atoms with Gasteiger partial charge in [0.15, 0.2) is 0 Å². The van der Waals surface area contributed by atoms with Crippen molar-refractivity contribution in [3.63, 3.8) is 0 Å². The highest BCUT2D eigenvalue weighted by atomic mass is 16.5. The van der Waals surface area contributed by atoms with Crippen LogP contribution in [-0.2, 0) is 16.0 Å². The Hall–Kier alpha value is -3.15. The van der Waals surface area contributed by atoms with Crippen molar-refractivity contribution < 1.29 is 19.1 Å². The Labute approximate surface area is 200 Å². The molecular formula is C28H32N2O4. The number of hydrogen-bond acceptors (Lipinski definition) is 4. The minimum Gasteiger partial charge on any atom is -0.454 e. The van der Waals surface area contributed by atoms with Crippen molar-refractivity contribution in [2.75, 3.05) is 26.2 Å². The summed E-state index contributed by atoms with van der Waals surface area (Å²) in [5.74, 6) is -0.0825. The zero-order valence-electron chi connectivity index (χ0n) is 19.6. The van der Waals surface area contributed by atoms with E-state index in [4.69, 9.17) is 4.74 Å². The number of hydrogen-bond donors (Lipinski definition) is 0. The van der Waals surface area contributed by atoms with Gasteiger partial charge in [0.05, 0.1) is 5.56 Å². The van der Waals surface area contributed by atoms with Crippen molar-refractivity contribution in [1.29, 1.82) is 0 Å². The van der Waals surface area contributed by atoms with Crippen LogP contribution in [0.5, 0.6) is 0 Å². The molecule has 2 aromatic rings. The van der Waals surface area contributed by atoms with Gasteiger partial charge in [-0.25, -0.2) is 4.79 Å². The number of piperidine rings is 1. The van der Waals surface area contributed by atoms with E-state index in [9.17, 15) is 14.4 Å². The number of nitrogens with zero attached hydrogens (tertiary/aromatic N) is 2. The Morgan fingerprint density at radius 2 is 1.53 bits per heavy atom. The normalized spacial score (nSPS) is 21.4. The number of benzene rings is 2. The van der Waals surface area contributed by atoms with Crippen molar-refractivity contribution in [2.45, 2.75) is 51.0 Å². The number of esters is 1. The first-order chi connectivity index (χ1) is 16.6. The van der Waals surface area contributed by atoms with Gasteiger partial charge in [0.25, 0.3) is 5.91 Å². The molecule has 0 radical (unpaired) electrons. The maximum atomic E-state index is 13.3. The fraction of sp³-hybridized carbons (Fsp3) is 0.464. The molecule has 0 spiro atoms. The molecule has 2 aromatic carbocycles. The first-order valence-electron chi connectivity index (χ1n) is 12.6. The van der Waals surface area contributed by atoms with Gasteiger partial charge >= 0.3 is 5.97 Å². The minimum absolute atomic E-state index is 0.0204. The Bertz CT molecular complexity index is 1050. The second kappa shape index (κ2) is 10.00. The average Bonchev–Trinajstić information content (AvgIpc) is 3.18. The number of cyclic esters (lactones) is 1. The van der Waals surface area contributed by atoms with Crippen LogP contribution in [0.2, 0.25) is 0 Å². The van der Waals surface area contributed by atoms with Crippen molar-refractivity contribution in [2.24, 2.45) is 5.92 Å². The van der Waals surface area contributed by atoms with Crippen LogP contribution < -0.4 is 0 Å². The van der Waals surface area contributed by atoms with Gasteiger partial charge in [0.2, 0.25) is 5.91 Å². The molecule has 5 rings (SSSR count). The van der Waals surface area contributed by atoms with Crippen LogP contribution in [-0.4, -0.2) is 53.8 Å². The Morgan fingerprint density at radius 3 is 2.24 bits per heavy atom. The molecule has 2 amide bonds. The third-order valence-corrected chi connectivity index (χ3v) is 7.45. The molecule has 3 aliphatic rings. The lowest BCUT2D eigenvalue weighted by molar-refractivity contribution is -0.136. The maximum absolute atomic E-state index is 13.3. The molecule has 2 saturated heterocycles. The minimum atomic E-state index is -0.345. The lowest BCUT2D eigenvalue weighted by Gasteiger charge is -2.34. The van der Waals surface area contributed by atoms with E-state index in [0.29, 0.717) is 43.5 Å². The van der Waals surface area contributed by atoms with E-state index < -0.39 is 0 Å². The average molecular weight is 461 g/mol. The van der Waals surface area contributed by atoms with Crippen LogP contribution >= 0.6 is 0 Å². The van der Waals surface area contributed by atoms with Crippen LogP contribution in [0.4, 0.5) is 0 Å². The molecule has 178 valence electrons. The van der Waals surface area contributed by atoms with Gasteiger partial charge in [0.1, 0.15) is 6.10 Å². The molecule has 0 saturated carbocycles. The third-order valence-electron chi connectivity index (χ3n) is 7.45. The number of fused-ring (bicyclic) bond motifs is 1. The standard InChI is InChI=1S/C28H32N2O4/c31-26(29-14-6-1-2-7-15-29)21-12-16-30(17-13-21)27(32)22-10-11-24-23(18-22)19-25(34-28(24)33)20-8-4-3-5-9-20/h3-5,8-11,18,21,25H,1-2,6-7,12-17,19H2/t25-/m0/s1. The fourth-order valence-electron chi connectivity index (χ4n) is 5.44. The number of amides is 2. The van der Waals surface area contributed by atoms with Gasteiger partial charge in [-0.2, -0.15) is 0 Å². The molecule has 0 bridgehead atoms. The molecule has 6 heteroatoms. The molecule has 3 aliphatic heterocycles. The highest BCUT2D eigenvalue weighted by Gasteiger charge is 2.32. The van der Waals surface area contributed by atoms with Crippen molar-refractivity contribution in [3.8, 4) is 0 Å². The lowest BCUT2D eigenvalue weighted by atomic mass is 9.92. The van der Waals surface area contributed by atoms with Gasteiger partial charge < -0.3 is 14.5 Å². The molecule has 2 fully saturated rings. The first kappa shape index (κ1) is 22.6. The van der Waals surface area contributed by atoms with Crippen molar-refractivity contribution in [3.05, 3.63) is 70.8 Å². The molecule has 0 unspecified atom stereocenters. The summed E-state index contributed by atoms with van der Waals surface area (Å²) in [4.78, 5) is 42.7. The molecule has 1 atom stereocenters. The largest absolute Gasteiger partial charge is 0.454 e. The Kier molecular flexibility index (Phi) is 6.66. The smallest absolute Gasteiger partial charge is 0.339 e. The number of carbonyl (C=O) groups is 3. The van der Waals surface area contributed by atoms with E-state index in [1.54, 1.807) is 12.1 Å². The monoisotopic (exact) mass is 460 g/mol. The van der Waals surface area contributed by atoms with Gasteiger partial charge in [-0.1, -0.05) is 43.2 Å². The summed E-state index contributed by atoms with van der Waals surface area (Å²) in [7, 11) is 0. The molecular weight excluding hydrogens is 428 g/mol. The zero-order chi connectivity index (χ0) is 23.5. The van der Waals surface area contributed by atoms with Gasteiger partial charge in [-0.3, -0.25) is 9.59 Å². The van der Waals surface area contributed by atoms with Crippen molar-refractivity contribution >= 4 is 17.8 Å². The topological polar surface area (TPSA) is 66.9 Å². The van der Waals surface area contributed by atoms with E-state index in [-0.39, 0.29) is 29.8 Å². The summed E-state index contributed by atoms with van der Waals surface area (Å²) in [5.41, 5.74) is 2.93. The first-order valence-corrected chi connectivity index (χ1v) is 12.6. The summed E-state index contributed by atoms with van der Waals surface area (Å²) >= 11 is 0. The van der Waals surface area contributed by atoms with E-state index in [1.807, 2.05) is 46.2 Å². The van der Waals surface area contributed by atoms with Gasteiger partial charge in [0, 0.05) is 44.1 Å². The van der Waals surface area contributed by atoms with Crippen molar-refractivity contribution in [1.82, 2.24) is 9.80 Å². The molecule has 34 heavy (non-hydrogen) atoms. The fourth-order valence-corrected chi connectivity index (χ4v) is 5.44. The van der Waals surface area contributed by atoms with Crippen LogP contribution in [0.3, 0.4) is 0 Å². The van der Waals surface area contributed by atoms with Gasteiger partial charge in [-0.05, 0) is 55.0 Å². The summed E-state index contributed by atoms with van der Waals surface area (Å²) < 4.78 is 5.64. The highest BCUT2D eigenvalue weighted by Crippen LogP contribution is 2.31. The molecule has 3 heterocycles. The van der Waals surface area contributed by atoms with Crippen LogP contribution in [0.25, 0.3) is 0 Å². The van der Waals surface area contributed by atoms with Crippen LogP contribution in [0, 0.1) is 5.92 Å². The predicted molar refractivity (Wildman–Crippen MR) is 128 cm³/mol. The second-order valence-corrected chi connectivity index (χ2v) is 9.69. The zero-order valence-corrected chi connectivity index (χ0v) is 19.6. The molecule has 0 N–H and O–H groups in total. The van der Waals surface area contributed by atoms with Crippen LogP contribution in [0.1, 0.15) is 76.5 Å². The van der Waals surface area contributed by atoms with E-state index in [1.165, 1.54) is 12.8 Å². The SMILES string of the molecule is O=C1O[C@H](c2ccccc2)Cc2cc(C(=O)N3CCC(C(=O)N4CCCCCC4)CC3)ccc21. The Balaban J connectivity index is 1.24. The number of ether oxygens (including phenoxy) is 1. The maximum Gasteiger partial charge on any atom is 0.339 e. The molecule has 0 aromatic heterocycles. The summed E-state index contributed by atoms with van der Waals surface area (Å²) in [6, 6.07) is 15.0.